The molecule has 1 aliphatic heterocycles. The highest BCUT2D eigenvalue weighted by atomic mass is 19.1. The molecule has 0 saturated carbocycles. The number of aryl methyl sites for hydroxylation is 1. The molecule has 0 atom stereocenters. The summed E-state index contributed by atoms with van der Waals surface area (Å²) >= 11 is 0. The molecule has 2 heterocycles. The summed E-state index contributed by atoms with van der Waals surface area (Å²) in [5.41, 5.74) is 0.491. The van der Waals surface area contributed by atoms with E-state index in [1.54, 1.807) is 13.1 Å². The Bertz CT molecular complexity index is 561. The van der Waals surface area contributed by atoms with Gasteiger partial charge < -0.3 is 5.32 Å². The largest absolute Gasteiger partial charge is 0.315 e. The summed E-state index contributed by atoms with van der Waals surface area (Å²) in [6, 6.07) is 6.91. The van der Waals surface area contributed by atoms with E-state index in [0.717, 1.165) is 18.7 Å². The van der Waals surface area contributed by atoms with E-state index in [9.17, 15) is 4.39 Å². The van der Waals surface area contributed by atoms with Gasteiger partial charge in [-0.05, 0) is 16.8 Å². The zero-order valence-corrected chi connectivity index (χ0v) is 10.1. The average Bonchev–Trinajstić information content (AvgIpc) is 2.71. The fourth-order valence-electron chi connectivity index (χ4n) is 2.43. The highest BCUT2D eigenvalue weighted by Crippen LogP contribution is 2.33. The van der Waals surface area contributed by atoms with Gasteiger partial charge in [0.1, 0.15) is 5.82 Å². The first-order chi connectivity index (χ1) is 8.70. The first-order valence-corrected chi connectivity index (χ1v) is 5.88. The van der Waals surface area contributed by atoms with Crippen molar-refractivity contribution in [3.05, 3.63) is 41.5 Å². The lowest BCUT2D eigenvalue weighted by Crippen LogP contribution is -2.58. The molecule has 1 N–H and O–H groups in total. The standard InChI is InChI=1S/C12H14FN5/c1-18-16-11(15-17-18)6-12(7-14-8-12)9-4-2-3-5-10(9)13/h2-5,14H,6-8H2,1H3. The Morgan fingerprint density at radius 1 is 1.39 bits per heavy atom. The van der Waals surface area contributed by atoms with Crippen LogP contribution in [0.3, 0.4) is 0 Å². The Morgan fingerprint density at radius 2 is 2.17 bits per heavy atom. The topological polar surface area (TPSA) is 55.6 Å². The molecule has 0 amide bonds. The summed E-state index contributed by atoms with van der Waals surface area (Å²) in [6.07, 6.45) is 0.606. The molecule has 0 unspecified atom stereocenters. The molecule has 1 saturated heterocycles. The molecule has 5 nitrogen and oxygen atoms in total. The van der Waals surface area contributed by atoms with Gasteiger partial charge in [0, 0.05) is 24.9 Å². The predicted molar refractivity (Wildman–Crippen MR) is 63.4 cm³/mol. The number of benzene rings is 1. The Balaban J connectivity index is 1.93. The van der Waals surface area contributed by atoms with Crippen LogP contribution < -0.4 is 5.32 Å². The van der Waals surface area contributed by atoms with Crippen molar-refractivity contribution in [3.63, 3.8) is 0 Å². The molecule has 0 aliphatic carbocycles. The van der Waals surface area contributed by atoms with E-state index in [1.165, 1.54) is 10.9 Å². The maximum atomic E-state index is 13.9. The maximum Gasteiger partial charge on any atom is 0.175 e. The number of nitrogens with zero attached hydrogens (tertiary/aromatic N) is 4. The molecular weight excluding hydrogens is 233 g/mol. The summed E-state index contributed by atoms with van der Waals surface area (Å²) < 4.78 is 13.9. The van der Waals surface area contributed by atoms with Crippen LogP contribution in [0.4, 0.5) is 4.39 Å². The fourth-order valence-corrected chi connectivity index (χ4v) is 2.43. The predicted octanol–water partition coefficient (Wildman–Crippen LogP) is 0.433. The number of hydrogen-bond acceptors (Lipinski definition) is 4. The maximum absolute atomic E-state index is 13.9. The van der Waals surface area contributed by atoms with Crippen LogP contribution in [-0.4, -0.2) is 33.3 Å². The highest BCUT2D eigenvalue weighted by molar-refractivity contribution is 5.32. The van der Waals surface area contributed by atoms with Crippen molar-refractivity contribution in [1.29, 1.82) is 0 Å². The van der Waals surface area contributed by atoms with Gasteiger partial charge in [0.2, 0.25) is 0 Å². The minimum absolute atomic E-state index is 0.164. The lowest BCUT2D eigenvalue weighted by molar-refractivity contribution is 0.261. The molecule has 1 aromatic carbocycles. The number of aromatic nitrogens is 4. The monoisotopic (exact) mass is 247 g/mol. The lowest BCUT2D eigenvalue weighted by atomic mass is 9.72. The van der Waals surface area contributed by atoms with Gasteiger partial charge in [0.25, 0.3) is 0 Å². The van der Waals surface area contributed by atoms with Crippen LogP contribution in [0.2, 0.25) is 0 Å². The third kappa shape index (κ3) is 1.78. The van der Waals surface area contributed by atoms with Crippen LogP contribution in [0.1, 0.15) is 11.4 Å². The molecular formula is C12H14FN5. The van der Waals surface area contributed by atoms with E-state index >= 15 is 0 Å². The summed E-state index contributed by atoms with van der Waals surface area (Å²) in [6.45, 7) is 1.48. The van der Waals surface area contributed by atoms with Gasteiger partial charge in [-0.1, -0.05) is 18.2 Å². The van der Waals surface area contributed by atoms with E-state index in [-0.39, 0.29) is 11.2 Å². The van der Waals surface area contributed by atoms with Crippen molar-refractivity contribution < 1.29 is 4.39 Å². The van der Waals surface area contributed by atoms with Crippen LogP contribution in [0.25, 0.3) is 0 Å². The fraction of sp³-hybridized carbons (Fsp3) is 0.417. The van der Waals surface area contributed by atoms with Crippen molar-refractivity contribution >= 4 is 0 Å². The van der Waals surface area contributed by atoms with Crippen LogP contribution in [0.5, 0.6) is 0 Å². The van der Waals surface area contributed by atoms with E-state index in [2.05, 4.69) is 20.7 Å². The Labute approximate surface area is 104 Å². The van der Waals surface area contributed by atoms with Crippen molar-refractivity contribution in [2.45, 2.75) is 11.8 Å². The molecule has 3 rings (SSSR count). The molecule has 1 aliphatic rings. The number of halogens is 1. The van der Waals surface area contributed by atoms with Gasteiger partial charge in [-0.25, -0.2) is 4.39 Å². The molecule has 6 heteroatoms. The zero-order chi connectivity index (χ0) is 12.6. The second-order valence-corrected chi connectivity index (χ2v) is 4.74. The van der Waals surface area contributed by atoms with E-state index in [1.807, 2.05) is 12.1 Å². The molecule has 1 fully saturated rings. The Kier molecular flexibility index (Phi) is 2.59. The third-order valence-electron chi connectivity index (χ3n) is 3.42. The quantitative estimate of drug-likeness (QED) is 0.854. The second kappa shape index (κ2) is 4.13. The normalized spacial score (nSPS) is 17.4. The first kappa shape index (κ1) is 11.3. The number of nitrogens with one attached hydrogen (secondary N) is 1. The molecule has 94 valence electrons. The summed E-state index contributed by atoms with van der Waals surface area (Å²) in [5.74, 6) is 0.491. The number of hydrogen-bond donors (Lipinski definition) is 1. The molecule has 0 bridgehead atoms. The third-order valence-corrected chi connectivity index (χ3v) is 3.42. The van der Waals surface area contributed by atoms with E-state index in [4.69, 9.17) is 0 Å². The zero-order valence-electron chi connectivity index (χ0n) is 10.1. The van der Waals surface area contributed by atoms with Crippen molar-refractivity contribution in [3.8, 4) is 0 Å². The van der Waals surface area contributed by atoms with E-state index in [0.29, 0.717) is 12.2 Å². The second-order valence-electron chi connectivity index (χ2n) is 4.74. The van der Waals surface area contributed by atoms with Gasteiger partial charge in [0.05, 0.1) is 7.05 Å². The molecule has 0 radical (unpaired) electrons. The van der Waals surface area contributed by atoms with Crippen molar-refractivity contribution in [2.24, 2.45) is 7.05 Å². The van der Waals surface area contributed by atoms with E-state index < -0.39 is 0 Å². The smallest absolute Gasteiger partial charge is 0.175 e. The minimum Gasteiger partial charge on any atom is -0.315 e. The molecule has 1 aromatic heterocycles. The van der Waals surface area contributed by atoms with Crippen LogP contribution >= 0.6 is 0 Å². The first-order valence-electron chi connectivity index (χ1n) is 5.88. The number of rotatable bonds is 3. The SMILES string of the molecule is Cn1nnc(CC2(c3ccccc3F)CNC2)n1. The van der Waals surface area contributed by atoms with Gasteiger partial charge in [-0.2, -0.15) is 4.80 Å². The van der Waals surface area contributed by atoms with Crippen LogP contribution in [0.15, 0.2) is 24.3 Å². The number of tetrazole rings is 1. The van der Waals surface area contributed by atoms with Crippen molar-refractivity contribution in [2.75, 3.05) is 13.1 Å². The van der Waals surface area contributed by atoms with Gasteiger partial charge >= 0.3 is 0 Å². The van der Waals surface area contributed by atoms with Gasteiger partial charge in [-0.15, -0.1) is 10.2 Å². The average molecular weight is 247 g/mol. The Hall–Kier alpha value is -1.82. The summed E-state index contributed by atoms with van der Waals surface area (Å²) in [4.78, 5) is 1.43. The van der Waals surface area contributed by atoms with Crippen molar-refractivity contribution in [1.82, 2.24) is 25.5 Å². The summed E-state index contributed by atoms with van der Waals surface area (Å²) in [7, 11) is 1.73. The van der Waals surface area contributed by atoms with Crippen LogP contribution in [-0.2, 0) is 18.9 Å². The molecule has 0 spiro atoms. The van der Waals surface area contributed by atoms with Crippen LogP contribution in [0, 0.1) is 5.82 Å². The summed E-state index contributed by atoms with van der Waals surface area (Å²) in [5, 5.41) is 15.2. The van der Waals surface area contributed by atoms with Gasteiger partial charge in [-0.3, -0.25) is 0 Å². The Morgan fingerprint density at radius 3 is 2.72 bits per heavy atom. The lowest BCUT2D eigenvalue weighted by Gasteiger charge is -2.42. The molecule has 2 aromatic rings. The van der Waals surface area contributed by atoms with Gasteiger partial charge in [0.15, 0.2) is 5.82 Å². The highest BCUT2D eigenvalue weighted by Gasteiger charge is 2.41. The molecule has 18 heavy (non-hydrogen) atoms. The minimum atomic E-state index is -0.242.